The maximum absolute atomic E-state index is 8.68. The Labute approximate surface area is 122 Å². The summed E-state index contributed by atoms with van der Waals surface area (Å²) >= 11 is 0. The third kappa shape index (κ3) is 10.00. The second-order valence-electron chi connectivity index (χ2n) is 5.53. The number of nitrogens with zero attached hydrogens (tertiary/aromatic N) is 1. The van der Waals surface area contributed by atoms with Gasteiger partial charge in [0.2, 0.25) is 0 Å². The van der Waals surface area contributed by atoms with E-state index in [0.29, 0.717) is 19.0 Å². The molecule has 0 saturated carbocycles. The third-order valence-electron chi connectivity index (χ3n) is 3.28. The molecule has 0 aromatic rings. The Bertz CT molecular complexity index is 258. The fraction of sp³-hybridized carbons (Fsp3) is 0.929. The summed E-state index contributed by atoms with van der Waals surface area (Å²) in [6.45, 7) is 8.05. The largest absolute Gasteiger partial charge is 0.409 e. The number of methoxy groups -OCH3 is 1. The molecular weight excluding hydrogens is 258 g/mol. The van der Waals surface area contributed by atoms with Gasteiger partial charge in [-0.05, 0) is 38.8 Å². The van der Waals surface area contributed by atoms with Crippen LogP contribution < -0.4 is 11.1 Å². The van der Waals surface area contributed by atoms with Crippen LogP contribution in [0.4, 0.5) is 0 Å². The molecule has 0 saturated heterocycles. The number of oxime groups is 1. The molecule has 4 N–H and O–H groups in total. The molecule has 0 rings (SSSR count). The topological polar surface area (TPSA) is 89.1 Å². The highest BCUT2D eigenvalue weighted by Gasteiger charge is 2.22. The molecule has 0 heterocycles. The Morgan fingerprint density at radius 2 is 1.85 bits per heavy atom. The normalized spacial score (nSPS) is 12.8. The maximum Gasteiger partial charge on any atom is 0.144 e. The van der Waals surface area contributed by atoms with Crippen molar-refractivity contribution in [3.63, 3.8) is 0 Å². The molecule has 0 aliphatic rings. The first-order valence-electron chi connectivity index (χ1n) is 7.30. The van der Waals surface area contributed by atoms with Gasteiger partial charge in [-0.15, -0.1) is 0 Å². The van der Waals surface area contributed by atoms with E-state index in [9.17, 15) is 0 Å². The standard InChI is InChI=1S/C14H31N3O3/c1-14(2,13(15)17-18)7-6-9-16-8-4-5-10-20-12-11-19-3/h16,18H,4-12H2,1-3H3,(H2,15,17). The lowest BCUT2D eigenvalue weighted by molar-refractivity contribution is 0.0688. The van der Waals surface area contributed by atoms with E-state index in [4.69, 9.17) is 20.4 Å². The van der Waals surface area contributed by atoms with Gasteiger partial charge in [-0.2, -0.15) is 0 Å². The van der Waals surface area contributed by atoms with Crippen molar-refractivity contribution in [3.05, 3.63) is 0 Å². The van der Waals surface area contributed by atoms with E-state index in [1.807, 2.05) is 13.8 Å². The Morgan fingerprint density at radius 3 is 2.50 bits per heavy atom. The summed E-state index contributed by atoms with van der Waals surface area (Å²) in [7, 11) is 1.68. The average Bonchev–Trinajstić information content (AvgIpc) is 2.43. The first kappa shape index (κ1) is 19.1. The molecule has 0 amide bonds. The molecule has 0 aliphatic carbocycles. The molecule has 120 valence electrons. The number of hydrogen-bond donors (Lipinski definition) is 3. The van der Waals surface area contributed by atoms with Crippen molar-refractivity contribution in [1.29, 1.82) is 0 Å². The molecule has 0 aromatic carbocycles. The molecule has 0 radical (unpaired) electrons. The highest BCUT2D eigenvalue weighted by Crippen LogP contribution is 2.21. The van der Waals surface area contributed by atoms with Gasteiger partial charge in [-0.1, -0.05) is 19.0 Å². The smallest absolute Gasteiger partial charge is 0.144 e. The molecule has 0 bridgehead atoms. The number of nitrogens with one attached hydrogen (secondary N) is 1. The van der Waals surface area contributed by atoms with Crippen LogP contribution in [0.2, 0.25) is 0 Å². The lowest BCUT2D eigenvalue weighted by atomic mass is 9.86. The van der Waals surface area contributed by atoms with E-state index in [2.05, 4.69) is 10.5 Å². The summed E-state index contributed by atoms with van der Waals surface area (Å²) in [5.74, 6) is 0.297. The molecule has 20 heavy (non-hydrogen) atoms. The SMILES string of the molecule is COCCOCCCCNCCCC(C)(C)C(N)=NO. The monoisotopic (exact) mass is 289 g/mol. The van der Waals surface area contributed by atoms with Crippen LogP contribution in [0.3, 0.4) is 0 Å². The van der Waals surface area contributed by atoms with Gasteiger partial charge in [0.1, 0.15) is 5.84 Å². The van der Waals surface area contributed by atoms with Gasteiger partial charge < -0.3 is 25.7 Å². The van der Waals surface area contributed by atoms with Crippen molar-refractivity contribution < 1.29 is 14.7 Å². The van der Waals surface area contributed by atoms with Gasteiger partial charge >= 0.3 is 0 Å². The second-order valence-corrected chi connectivity index (χ2v) is 5.53. The maximum atomic E-state index is 8.68. The zero-order chi connectivity index (χ0) is 15.3. The number of unbranched alkanes of at least 4 members (excludes halogenated alkanes) is 1. The van der Waals surface area contributed by atoms with Crippen molar-refractivity contribution in [2.45, 2.75) is 39.5 Å². The zero-order valence-corrected chi connectivity index (χ0v) is 13.2. The predicted molar refractivity (Wildman–Crippen MR) is 81.2 cm³/mol. The molecule has 6 nitrogen and oxygen atoms in total. The number of hydrogen-bond acceptors (Lipinski definition) is 5. The lowest BCUT2D eigenvalue weighted by Gasteiger charge is -2.22. The van der Waals surface area contributed by atoms with Crippen LogP contribution in [0.1, 0.15) is 39.5 Å². The number of nitrogens with two attached hydrogens (primary N) is 1. The first-order chi connectivity index (χ1) is 9.54. The fourth-order valence-corrected chi connectivity index (χ4v) is 1.74. The van der Waals surface area contributed by atoms with Gasteiger partial charge in [-0.3, -0.25) is 0 Å². The third-order valence-corrected chi connectivity index (χ3v) is 3.28. The molecule has 6 heteroatoms. The van der Waals surface area contributed by atoms with Gasteiger partial charge in [-0.25, -0.2) is 0 Å². The van der Waals surface area contributed by atoms with Crippen molar-refractivity contribution in [3.8, 4) is 0 Å². The van der Waals surface area contributed by atoms with Crippen LogP contribution in [0.5, 0.6) is 0 Å². The molecule has 0 fully saturated rings. The second kappa shape index (κ2) is 11.9. The van der Waals surface area contributed by atoms with Crippen molar-refractivity contribution >= 4 is 5.84 Å². The van der Waals surface area contributed by atoms with Crippen LogP contribution >= 0.6 is 0 Å². The van der Waals surface area contributed by atoms with Crippen molar-refractivity contribution in [2.75, 3.05) is 40.0 Å². The van der Waals surface area contributed by atoms with Crippen LogP contribution in [-0.2, 0) is 9.47 Å². The summed E-state index contributed by atoms with van der Waals surface area (Å²) in [5.41, 5.74) is 5.39. The van der Waals surface area contributed by atoms with Gasteiger partial charge in [0.25, 0.3) is 0 Å². The minimum Gasteiger partial charge on any atom is -0.409 e. The van der Waals surface area contributed by atoms with Gasteiger partial charge in [0, 0.05) is 19.1 Å². The highest BCUT2D eigenvalue weighted by atomic mass is 16.5. The predicted octanol–water partition coefficient (Wildman–Crippen LogP) is 1.57. The fourth-order valence-electron chi connectivity index (χ4n) is 1.74. The molecule has 0 unspecified atom stereocenters. The Morgan fingerprint density at radius 1 is 1.15 bits per heavy atom. The lowest BCUT2D eigenvalue weighted by Crippen LogP contribution is -2.32. The summed E-state index contributed by atoms with van der Waals surface area (Å²) in [5, 5.41) is 15.2. The van der Waals surface area contributed by atoms with Gasteiger partial charge in [0.05, 0.1) is 13.2 Å². The molecule has 0 aromatic heterocycles. The zero-order valence-electron chi connectivity index (χ0n) is 13.2. The van der Waals surface area contributed by atoms with E-state index in [1.165, 1.54) is 0 Å². The van der Waals surface area contributed by atoms with E-state index in [1.54, 1.807) is 7.11 Å². The Kier molecular flexibility index (Phi) is 11.4. The number of rotatable bonds is 13. The highest BCUT2D eigenvalue weighted by molar-refractivity contribution is 5.85. The molecule has 0 atom stereocenters. The quantitative estimate of drug-likeness (QED) is 0.157. The summed E-state index contributed by atoms with van der Waals surface area (Å²) in [6.07, 6.45) is 4.08. The van der Waals surface area contributed by atoms with Crippen LogP contribution in [-0.4, -0.2) is 51.1 Å². The van der Waals surface area contributed by atoms with E-state index in [0.717, 1.165) is 45.4 Å². The molecule has 0 spiro atoms. The van der Waals surface area contributed by atoms with Crippen LogP contribution in [0.15, 0.2) is 5.16 Å². The van der Waals surface area contributed by atoms with Crippen molar-refractivity contribution in [1.82, 2.24) is 5.32 Å². The van der Waals surface area contributed by atoms with Crippen molar-refractivity contribution in [2.24, 2.45) is 16.3 Å². The summed E-state index contributed by atoms with van der Waals surface area (Å²) < 4.78 is 10.3. The van der Waals surface area contributed by atoms with E-state index < -0.39 is 0 Å². The minimum atomic E-state index is -0.244. The Balaban J connectivity index is 3.33. The number of ether oxygens (including phenoxy) is 2. The first-order valence-corrected chi connectivity index (χ1v) is 7.30. The van der Waals surface area contributed by atoms with Gasteiger partial charge in [0.15, 0.2) is 0 Å². The minimum absolute atomic E-state index is 0.244. The van der Waals surface area contributed by atoms with Crippen LogP contribution in [0.25, 0.3) is 0 Å². The number of amidine groups is 1. The average molecular weight is 289 g/mol. The van der Waals surface area contributed by atoms with E-state index >= 15 is 0 Å². The van der Waals surface area contributed by atoms with E-state index in [-0.39, 0.29) is 5.41 Å². The molecular formula is C14H31N3O3. The van der Waals surface area contributed by atoms with Crippen LogP contribution in [0, 0.1) is 5.41 Å². The summed E-state index contributed by atoms with van der Waals surface area (Å²) in [6, 6.07) is 0. The summed E-state index contributed by atoms with van der Waals surface area (Å²) in [4.78, 5) is 0. The Hall–Kier alpha value is -0.850. The molecule has 0 aliphatic heterocycles.